The first-order valence-electron chi connectivity index (χ1n) is 5.09. The summed E-state index contributed by atoms with van der Waals surface area (Å²) in [6.45, 7) is 5.04. The Balaban J connectivity index is 2.48. The van der Waals surface area contributed by atoms with E-state index >= 15 is 0 Å². The molecule has 0 atom stereocenters. The summed E-state index contributed by atoms with van der Waals surface area (Å²) in [6.07, 6.45) is 3.92. The summed E-state index contributed by atoms with van der Waals surface area (Å²) < 4.78 is 1.91. The molecule has 0 radical (unpaired) electrons. The standard InChI is InChI=1S/C12H15N3/c1-3-15-8-10(7-14-15)12-6-11(13)5-4-9(12)2/h4-8H,3,13H2,1-2H3. The lowest BCUT2D eigenvalue weighted by molar-refractivity contribution is 0.660. The maximum absolute atomic E-state index is 5.78. The molecule has 0 unspecified atom stereocenters. The van der Waals surface area contributed by atoms with E-state index in [0.29, 0.717) is 0 Å². The molecule has 0 aliphatic carbocycles. The Hall–Kier alpha value is -1.77. The summed E-state index contributed by atoms with van der Waals surface area (Å²) in [6, 6.07) is 5.95. The van der Waals surface area contributed by atoms with Gasteiger partial charge in [-0.25, -0.2) is 0 Å². The quantitative estimate of drug-likeness (QED) is 0.758. The van der Waals surface area contributed by atoms with Crippen LogP contribution in [0.15, 0.2) is 30.6 Å². The van der Waals surface area contributed by atoms with Crippen LogP contribution in [-0.4, -0.2) is 9.78 Å². The molecule has 1 aromatic carbocycles. The van der Waals surface area contributed by atoms with Crippen LogP contribution in [0.25, 0.3) is 11.1 Å². The number of aryl methyl sites for hydroxylation is 2. The Morgan fingerprint density at radius 1 is 1.40 bits per heavy atom. The monoisotopic (exact) mass is 201 g/mol. The summed E-state index contributed by atoms with van der Waals surface area (Å²) in [5, 5.41) is 4.26. The van der Waals surface area contributed by atoms with Gasteiger partial charge in [0.05, 0.1) is 6.20 Å². The molecule has 2 N–H and O–H groups in total. The third kappa shape index (κ3) is 1.86. The van der Waals surface area contributed by atoms with Crippen molar-refractivity contribution in [2.75, 3.05) is 5.73 Å². The van der Waals surface area contributed by atoms with Crippen LogP contribution < -0.4 is 5.73 Å². The van der Waals surface area contributed by atoms with E-state index in [1.807, 2.05) is 35.3 Å². The summed E-state index contributed by atoms with van der Waals surface area (Å²) in [5.74, 6) is 0. The summed E-state index contributed by atoms with van der Waals surface area (Å²) >= 11 is 0. The van der Waals surface area contributed by atoms with Crippen molar-refractivity contribution in [3.63, 3.8) is 0 Å². The van der Waals surface area contributed by atoms with Crippen molar-refractivity contribution in [3.8, 4) is 11.1 Å². The van der Waals surface area contributed by atoms with Crippen LogP contribution in [0.1, 0.15) is 12.5 Å². The zero-order chi connectivity index (χ0) is 10.8. The van der Waals surface area contributed by atoms with E-state index in [4.69, 9.17) is 5.73 Å². The number of nitrogens with zero attached hydrogens (tertiary/aromatic N) is 2. The minimum absolute atomic E-state index is 0.792. The van der Waals surface area contributed by atoms with Crippen LogP contribution in [0, 0.1) is 6.92 Å². The molecule has 0 spiro atoms. The molecule has 0 saturated carbocycles. The first-order valence-corrected chi connectivity index (χ1v) is 5.09. The van der Waals surface area contributed by atoms with Gasteiger partial charge in [0.15, 0.2) is 0 Å². The minimum atomic E-state index is 0.792. The fraction of sp³-hybridized carbons (Fsp3) is 0.250. The number of aromatic nitrogens is 2. The van der Waals surface area contributed by atoms with Gasteiger partial charge < -0.3 is 5.73 Å². The highest BCUT2D eigenvalue weighted by Gasteiger charge is 2.04. The van der Waals surface area contributed by atoms with Crippen LogP contribution in [0.3, 0.4) is 0 Å². The molecule has 15 heavy (non-hydrogen) atoms. The van der Waals surface area contributed by atoms with E-state index < -0.39 is 0 Å². The van der Waals surface area contributed by atoms with Crippen molar-refractivity contribution < 1.29 is 0 Å². The van der Waals surface area contributed by atoms with Gasteiger partial charge in [-0.1, -0.05) is 6.07 Å². The predicted octanol–water partition coefficient (Wildman–Crippen LogP) is 2.46. The number of nitrogen functional groups attached to an aromatic ring is 1. The fourth-order valence-electron chi connectivity index (χ4n) is 1.63. The number of benzene rings is 1. The Bertz CT molecular complexity index is 471. The minimum Gasteiger partial charge on any atom is -0.399 e. The van der Waals surface area contributed by atoms with E-state index in [2.05, 4.69) is 18.9 Å². The molecular weight excluding hydrogens is 186 g/mol. The third-order valence-electron chi connectivity index (χ3n) is 2.53. The fourth-order valence-corrected chi connectivity index (χ4v) is 1.63. The summed E-state index contributed by atoms with van der Waals surface area (Å²) in [7, 11) is 0. The number of hydrogen-bond donors (Lipinski definition) is 1. The Morgan fingerprint density at radius 2 is 2.20 bits per heavy atom. The van der Waals surface area contributed by atoms with E-state index in [1.54, 1.807) is 0 Å². The van der Waals surface area contributed by atoms with E-state index in [9.17, 15) is 0 Å². The average Bonchev–Trinajstić information content (AvgIpc) is 2.70. The lowest BCUT2D eigenvalue weighted by Gasteiger charge is -2.03. The van der Waals surface area contributed by atoms with Gasteiger partial charge in [0.2, 0.25) is 0 Å². The number of anilines is 1. The van der Waals surface area contributed by atoms with Gasteiger partial charge in [0, 0.05) is 24.0 Å². The Morgan fingerprint density at radius 3 is 2.87 bits per heavy atom. The van der Waals surface area contributed by atoms with Crippen molar-refractivity contribution in [1.29, 1.82) is 0 Å². The average molecular weight is 201 g/mol. The van der Waals surface area contributed by atoms with Gasteiger partial charge >= 0.3 is 0 Å². The van der Waals surface area contributed by atoms with E-state index in [1.165, 1.54) is 5.56 Å². The highest BCUT2D eigenvalue weighted by Crippen LogP contribution is 2.24. The first-order chi connectivity index (χ1) is 7.20. The van der Waals surface area contributed by atoms with Crippen molar-refractivity contribution >= 4 is 5.69 Å². The second kappa shape index (κ2) is 3.77. The highest BCUT2D eigenvalue weighted by molar-refractivity contribution is 5.69. The lowest BCUT2D eigenvalue weighted by atomic mass is 10.0. The Labute approximate surface area is 89.5 Å². The van der Waals surface area contributed by atoms with Crippen LogP contribution >= 0.6 is 0 Å². The molecular formula is C12H15N3. The van der Waals surface area contributed by atoms with Gasteiger partial charge in [-0.15, -0.1) is 0 Å². The lowest BCUT2D eigenvalue weighted by Crippen LogP contribution is -1.92. The van der Waals surface area contributed by atoms with Gasteiger partial charge in [0.1, 0.15) is 0 Å². The van der Waals surface area contributed by atoms with Crippen molar-refractivity contribution in [2.24, 2.45) is 0 Å². The first kappa shape index (κ1) is 9.77. The molecule has 1 aromatic heterocycles. The van der Waals surface area contributed by atoms with Crippen molar-refractivity contribution in [1.82, 2.24) is 9.78 Å². The Kier molecular flexibility index (Phi) is 2.46. The van der Waals surface area contributed by atoms with Gasteiger partial charge in [0.25, 0.3) is 0 Å². The zero-order valence-electron chi connectivity index (χ0n) is 9.07. The smallest absolute Gasteiger partial charge is 0.0568 e. The maximum Gasteiger partial charge on any atom is 0.0568 e. The summed E-state index contributed by atoms with van der Waals surface area (Å²) in [5.41, 5.74) is 10.1. The van der Waals surface area contributed by atoms with Crippen molar-refractivity contribution in [2.45, 2.75) is 20.4 Å². The molecule has 78 valence electrons. The van der Waals surface area contributed by atoms with Crippen LogP contribution in [0.5, 0.6) is 0 Å². The molecule has 0 bridgehead atoms. The number of hydrogen-bond acceptors (Lipinski definition) is 2. The molecule has 2 aromatic rings. The topological polar surface area (TPSA) is 43.8 Å². The molecule has 0 saturated heterocycles. The maximum atomic E-state index is 5.78. The van der Waals surface area contributed by atoms with Gasteiger partial charge in [-0.2, -0.15) is 5.10 Å². The highest BCUT2D eigenvalue weighted by atomic mass is 15.3. The molecule has 2 rings (SSSR count). The number of rotatable bonds is 2. The zero-order valence-corrected chi connectivity index (χ0v) is 9.07. The summed E-state index contributed by atoms with van der Waals surface area (Å²) in [4.78, 5) is 0. The van der Waals surface area contributed by atoms with E-state index in [-0.39, 0.29) is 0 Å². The predicted molar refractivity (Wildman–Crippen MR) is 62.5 cm³/mol. The molecule has 3 heteroatoms. The molecule has 3 nitrogen and oxygen atoms in total. The van der Waals surface area contributed by atoms with Crippen molar-refractivity contribution in [3.05, 3.63) is 36.2 Å². The van der Waals surface area contributed by atoms with E-state index in [0.717, 1.165) is 23.4 Å². The largest absolute Gasteiger partial charge is 0.399 e. The van der Waals surface area contributed by atoms with Crippen LogP contribution in [-0.2, 0) is 6.54 Å². The third-order valence-corrected chi connectivity index (χ3v) is 2.53. The normalized spacial score (nSPS) is 10.5. The van der Waals surface area contributed by atoms with Crippen LogP contribution in [0.2, 0.25) is 0 Å². The second-order valence-corrected chi connectivity index (χ2v) is 3.66. The second-order valence-electron chi connectivity index (χ2n) is 3.66. The molecule has 0 amide bonds. The molecule has 0 aliphatic heterocycles. The molecule has 0 fully saturated rings. The SMILES string of the molecule is CCn1cc(-c2cc(N)ccc2C)cn1. The van der Waals surface area contributed by atoms with Gasteiger partial charge in [-0.3, -0.25) is 4.68 Å². The van der Waals surface area contributed by atoms with Gasteiger partial charge in [-0.05, 0) is 37.1 Å². The molecule has 0 aliphatic rings. The number of nitrogens with two attached hydrogens (primary N) is 1. The van der Waals surface area contributed by atoms with Crippen LogP contribution in [0.4, 0.5) is 5.69 Å². The molecule has 1 heterocycles.